The number of amides is 2. The van der Waals surface area contributed by atoms with Crippen LogP contribution in [0.5, 0.6) is 0 Å². The molecule has 1 saturated heterocycles. The van der Waals surface area contributed by atoms with Gasteiger partial charge in [0.2, 0.25) is 0 Å². The predicted octanol–water partition coefficient (Wildman–Crippen LogP) is 1.89. The van der Waals surface area contributed by atoms with Crippen LogP contribution in [0, 0.1) is 12.7 Å². The summed E-state index contributed by atoms with van der Waals surface area (Å²) in [6, 6.07) is 3.65. The third-order valence-electron chi connectivity index (χ3n) is 3.32. The van der Waals surface area contributed by atoms with Crippen molar-refractivity contribution in [2.75, 3.05) is 11.9 Å². The van der Waals surface area contributed by atoms with E-state index in [4.69, 9.17) is 9.84 Å². The maximum Gasteiger partial charge on any atom is 0.332 e. The average Bonchev–Trinajstić information content (AvgIpc) is 2.90. The van der Waals surface area contributed by atoms with Gasteiger partial charge in [-0.25, -0.2) is 14.0 Å². The first-order valence-corrected chi connectivity index (χ1v) is 6.65. The highest BCUT2D eigenvalue weighted by atomic mass is 19.1. The van der Waals surface area contributed by atoms with Crippen LogP contribution in [0.15, 0.2) is 18.2 Å². The van der Waals surface area contributed by atoms with E-state index in [1.807, 2.05) is 0 Å². The standard InChI is InChI=1S/C14H17FN2O4/c1-8-2-3-9(15)6-11(8)17-14(20)16-7-10-4-5-12(21-10)13(18)19/h2-3,6,10,12H,4-5,7H2,1H3,(H,18,19)(H2,16,17,20). The van der Waals surface area contributed by atoms with Gasteiger partial charge in [-0.15, -0.1) is 0 Å². The van der Waals surface area contributed by atoms with E-state index >= 15 is 0 Å². The molecule has 1 heterocycles. The molecular weight excluding hydrogens is 279 g/mol. The Morgan fingerprint density at radius 2 is 2.19 bits per heavy atom. The Kier molecular flexibility index (Phi) is 4.74. The van der Waals surface area contributed by atoms with Crippen molar-refractivity contribution in [1.29, 1.82) is 0 Å². The van der Waals surface area contributed by atoms with Gasteiger partial charge >= 0.3 is 12.0 Å². The van der Waals surface area contributed by atoms with Crippen LogP contribution >= 0.6 is 0 Å². The molecule has 0 bridgehead atoms. The van der Waals surface area contributed by atoms with E-state index in [0.29, 0.717) is 18.5 Å². The first kappa shape index (κ1) is 15.2. The van der Waals surface area contributed by atoms with Gasteiger partial charge in [-0.2, -0.15) is 0 Å². The maximum absolute atomic E-state index is 13.1. The van der Waals surface area contributed by atoms with Crippen LogP contribution in [-0.4, -0.2) is 35.9 Å². The lowest BCUT2D eigenvalue weighted by Gasteiger charge is -2.14. The zero-order valence-corrected chi connectivity index (χ0v) is 11.6. The Morgan fingerprint density at radius 1 is 1.43 bits per heavy atom. The monoisotopic (exact) mass is 296 g/mol. The van der Waals surface area contributed by atoms with Gasteiger partial charge in [0.15, 0.2) is 6.10 Å². The van der Waals surface area contributed by atoms with Crippen molar-refractivity contribution in [3.63, 3.8) is 0 Å². The Morgan fingerprint density at radius 3 is 2.86 bits per heavy atom. The molecule has 1 aliphatic rings. The molecule has 1 aliphatic heterocycles. The van der Waals surface area contributed by atoms with Gasteiger partial charge in [0, 0.05) is 12.2 Å². The molecule has 114 valence electrons. The second-order valence-corrected chi connectivity index (χ2v) is 4.96. The van der Waals surface area contributed by atoms with Gasteiger partial charge in [-0.3, -0.25) is 0 Å². The number of hydrogen-bond donors (Lipinski definition) is 3. The number of benzene rings is 1. The van der Waals surface area contributed by atoms with Crippen molar-refractivity contribution in [3.05, 3.63) is 29.6 Å². The molecule has 3 N–H and O–H groups in total. The molecule has 2 unspecified atom stereocenters. The van der Waals surface area contributed by atoms with Crippen molar-refractivity contribution in [2.24, 2.45) is 0 Å². The average molecular weight is 296 g/mol. The first-order chi connectivity index (χ1) is 9.95. The molecule has 0 aliphatic carbocycles. The molecule has 2 atom stereocenters. The second kappa shape index (κ2) is 6.53. The SMILES string of the molecule is Cc1ccc(F)cc1NC(=O)NCC1CCC(C(=O)O)O1. The van der Waals surface area contributed by atoms with Crippen LogP contribution < -0.4 is 10.6 Å². The number of carboxylic acid groups (broad SMARTS) is 1. The quantitative estimate of drug-likeness (QED) is 0.791. The third-order valence-corrected chi connectivity index (χ3v) is 3.32. The summed E-state index contributed by atoms with van der Waals surface area (Å²) in [4.78, 5) is 22.5. The Bertz CT molecular complexity index is 550. The van der Waals surface area contributed by atoms with E-state index in [1.165, 1.54) is 12.1 Å². The topological polar surface area (TPSA) is 87.7 Å². The number of hydrogen-bond acceptors (Lipinski definition) is 3. The van der Waals surface area contributed by atoms with Crippen molar-refractivity contribution in [2.45, 2.75) is 32.0 Å². The van der Waals surface area contributed by atoms with Crippen molar-refractivity contribution in [1.82, 2.24) is 5.32 Å². The fourth-order valence-corrected chi connectivity index (χ4v) is 2.14. The number of carboxylic acids is 1. The fraction of sp³-hybridized carbons (Fsp3) is 0.429. The maximum atomic E-state index is 13.1. The van der Waals surface area contributed by atoms with Gasteiger partial charge < -0.3 is 20.5 Å². The number of carbonyl (C=O) groups excluding carboxylic acids is 1. The number of halogens is 1. The zero-order valence-electron chi connectivity index (χ0n) is 11.6. The van der Waals surface area contributed by atoms with Crippen molar-refractivity contribution in [3.8, 4) is 0 Å². The van der Waals surface area contributed by atoms with E-state index in [1.54, 1.807) is 13.0 Å². The van der Waals surface area contributed by atoms with Crippen LogP contribution in [0.25, 0.3) is 0 Å². The number of aryl methyl sites for hydroxylation is 1. The summed E-state index contributed by atoms with van der Waals surface area (Å²) in [6.45, 7) is 1.97. The van der Waals surface area contributed by atoms with Crippen molar-refractivity contribution < 1.29 is 23.8 Å². The molecule has 1 fully saturated rings. The number of aliphatic carboxylic acids is 1. The normalized spacial score (nSPS) is 21.0. The minimum absolute atomic E-state index is 0.212. The summed E-state index contributed by atoms with van der Waals surface area (Å²) in [5.74, 6) is -1.42. The lowest BCUT2D eigenvalue weighted by atomic mass is 10.2. The van der Waals surface area contributed by atoms with E-state index < -0.39 is 23.9 Å². The molecule has 2 amide bonds. The largest absolute Gasteiger partial charge is 0.479 e. The zero-order chi connectivity index (χ0) is 15.4. The Balaban J connectivity index is 1.80. The minimum atomic E-state index is -0.989. The lowest BCUT2D eigenvalue weighted by molar-refractivity contribution is -0.149. The van der Waals surface area contributed by atoms with Gasteiger partial charge in [0.05, 0.1) is 6.10 Å². The van der Waals surface area contributed by atoms with Crippen LogP contribution in [0.2, 0.25) is 0 Å². The molecule has 0 aromatic heterocycles. The summed E-state index contributed by atoms with van der Waals surface area (Å²) in [6.07, 6.45) is -0.0986. The fourth-order valence-electron chi connectivity index (χ4n) is 2.14. The molecule has 0 saturated carbocycles. The van der Waals surface area contributed by atoms with E-state index in [0.717, 1.165) is 5.56 Å². The smallest absolute Gasteiger partial charge is 0.332 e. The van der Waals surface area contributed by atoms with Crippen LogP contribution in [0.4, 0.5) is 14.9 Å². The number of rotatable bonds is 4. The number of nitrogens with one attached hydrogen (secondary N) is 2. The first-order valence-electron chi connectivity index (χ1n) is 6.65. The molecule has 2 rings (SSSR count). The Hall–Kier alpha value is -2.15. The van der Waals surface area contributed by atoms with Gasteiger partial charge in [0.1, 0.15) is 5.82 Å². The van der Waals surface area contributed by atoms with Gasteiger partial charge in [-0.1, -0.05) is 6.07 Å². The van der Waals surface area contributed by atoms with Gasteiger partial charge in [0.25, 0.3) is 0 Å². The number of ether oxygens (including phenoxy) is 1. The molecule has 6 nitrogen and oxygen atoms in total. The highest BCUT2D eigenvalue weighted by Gasteiger charge is 2.30. The lowest BCUT2D eigenvalue weighted by Crippen LogP contribution is -2.36. The second-order valence-electron chi connectivity index (χ2n) is 4.96. The van der Waals surface area contributed by atoms with E-state index in [2.05, 4.69) is 10.6 Å². The molecule has 1 aromatic carbocycles. The highest BCUT2D eigenvalue weighted by Crippen LogP contribution is 2.19. The molecule has 0 spiro atoms. The molecule has 21 heavy (non-hydrogen) atoms. The van der Waals surface area contributed by atoms with Crippen LogP contribution in [0.1, 0.15) is 18.4 Å². The summed E-state index contributed by atoms with van der Waals surface area (Å²) >= 11 is 0. The van der Waals surface area contributed by atoms with E-state index in [-0.39, 0.29) is 12.6 Å². The minimum Gasteiger partial charge on any atom is -0.479 e. The molecule has 1 aromatic rings. The summed E-state index contributed by atoms with van der Waals surface area (Å²) in [5, 5.41) is 13.9. The van der Waals surface area contributed by atoms with E-state index in [9.17, 15) is 14.0 Å². The predicted molar refractivity (Wildman–Crippen MR) is 73.7 cm³/mol. The summed E-state index contributed by atoms with van der Waals surface area (Å²) < 4.78 is 18.4. The summed E-state index contributed by atoms with van der Waals surface area (Å²) in [7, 11) is 0. The van der Waals surface area contributed by atoms with Crippen LogP contribution in [0.3, 0.4) is 0 Å². The van der Waals surface area contributed by atoms with Crippen molar-refractivity contribution >= 4 is 17.7 Å². The third kappa shape index (κ3) is 4.16. The molecule has 0 radical (unpaired) electrons. The Labute approximate surface area is 121 Å². The molecular formula is C14H17FN2O4. The van der Waals surface area contributed by atoms with Crippen LogP contribution in [-0.2, 0) is 9.53 Å². The van der Waals surface area contributed by atoms with Gasteiger partial charge in [-0.05, 0) is 37.5 Å². The number of anilines is 1. The summed E-state index contributed by atoms with van der Waals surface area (Å²) in [5.41, 5.74) is 1.14. The molecule has 7 heteroatoms. The highest BCUT2D eigenvalue weighted by molar-refractivity contribution is 5.90. The number of urea groups is 1. The number of carbonyl (C=O) groups is 2.